The first kappa shape index (κ1) is 21.4. The van der Waals surface area contributed by atoms with Gasteiger partial charge < -0.3 is 11.5 Å². The largest absolute Gasteiger partial charge is 0.333 e. The molecule has 1 rings (SSSR count). The maximum Gasteiger partial charge on any atom is -0.00774 e. The second kappa shape index (κ2) is 29.4. The Hall–Kier alpha value is -0.860. The summed E-state index contributed by atoms with van der Waals surface area (Å²) in [6.07, 6.45) is 5.02. The molecule has 0 saturated carbocycles. The molecule has 0 radical (unpaired) electrons. The van der Waals surface area contributed by atoms with Gasteiger partial charge in [0, 0.05) is 0 Å². The summed E-state index contributed by atoms with van der Waals surface area (Å²) in [6.45, 7) is 7.34. The SMILES string of the molecule is CCCC.CCCCN.CN.c1ccccc1. The van der Waals surface area contributed by atoms with Crippen LogP contribution in [0.25, 0.3) is 0 Å². The van der Waals surface area contributed by atoms with E-state index >= 15 is 0 Å². The van der Waals surface area contributed by atoms with Crippen LogP contribution in [0.1, 0.15) is 46.5 Å². The Balaban J connectivity index is -0.000000165. The topological polar surface area (TPSA) is 52.0 Å². The summed E-state index contributed by atoms with van der Waals surface area (Å²) in [5, 5.41) is 0. The van der Waals surface area contributed by atoms with Gasteiger partial charge in [-0.3, -0.25) is 0 Å². The zero-order chi connectivity index (χ0) is 13.8. The van der Waals surface area contributed by atoms with Crippen LogP contribution in [-0.2, 0) is 0 Å². The normalized spacial score (nSPS) is 7.41. The van der Waals surface area contributed by atoms with E-state index in [1.807, 2.05) is 36.4 Å². The van der Waals surface area contributed by atoms with Crippen molar-refractivity contribution in [2.45, 2.75) is 46.5 Å². The third-order valence-corrected chi connectivity index (χ3v) is 1.72. The third kappa shape index (κ3) is 39.5. The number of hydrogen-bond acceptors (Lipinski definition) is 2. The molecule has 0 aromatic heterocycles. The Morgan fingerprint density at radius 2 is 0.941 bits per heavy atom. The minimum atomic E-state index is 0.844. The van der Waals surface area contributed by atoms with Crippen LogP contribution in [-0.4, -0.2) is 13.6 Å². The van der Waals surface area contributed by atoms with E-state index in [1.54, 1.807) is 0 Å². The molecule has 0 aliphatic carbocycles. The maximum absolute atomic E-state index is 5.14. The summed E-state index contributed by atoms with van der Waals surface area (Å²) in [5.74, 6) is 0. The fourth-order valence-electron chi connectivity index (χ4n) is 0.589. The van der Waals surface area contributed by atoms with Crippen LogP contribution in [0.4, 0.5) is 0 Å². The van der Waals surface area contributed by atoms with Crippen molar-refractivity contribution in [3.63, 3.8) is 0 Å². The molecule has 2 heteroatoms. The molecule has 17 heavy (non-hydrogen) atoms. The third-order valence-electron chi connectivity index (χ3n) is 1.72. The van der Waals surface area contributed by atoms with Gasteiger partial charge in [-0.2, -0.15) is 0 Å². The summed E-state index contributed by atoms with van der Waals surface area (Å²) in [7, 11) is 1.50. The standard InChI is InChI=1S/C6H6.C4H11N.C4H10.CH5N/c1-2-4-6-5-3-1;1-2-3-4-5;1-3-4-2;1-2/h1-6H;2-5H2,1H3;3-4H2,1-2H3;2H2,1H3. The van der Waals surface area contributed by atoms with Crippen molar-refractivity contribution in [2.75, 3.05) is 13.6 Å². The number of benzene rings is 1. The van der Waals surface area contributed by atoms with Crippen LogP contribution in [0.2, 0.25) is 0 Å². The molecule has 1 aromatic rings. The molecule has 1 aromatic carbocycles. The zero-order valence-electron chi connectivity index (χ0n) is 12.2. The maximum atomic E-state index is 5.14. The molecule has 0 unspecified atom stereocenters. The van der Waals surface area contributed by atoms with Crippen molar-refractivity contribution in [2.24, 2.45) is 11.5 Å². The van der Waals surface area contributed by atoms with Crippen LogP contribution < -0.4 is 11.5 Å². The van der Waals surface area contributed by atoms with Gasteiger partial charge in [0.05, 0.1) is 0 Å². The summed E-state index contributed by atoms with van der Waals surface area (Å²) in [5.41, 5.74) is 9.64. The fourth-order valence-corrected chi connectivity index (χ4v) is 0.589. The van der Waals surface area contributed by atoms with Gasteiger partial charge in [0.25, 0.3) is 0 Å². The second-order valence-corrected chi connectivity index (χ2v) is 3.30. The highest BCUT2D eigenvalue weighted by molar-refractivity contribution is 4.99. The first-order chi connectivity index (χ1) is 8.33. The van der Waals surface area contributed by atoms with E-state index in [9.17, 15) is 0 Å². The van der Waals surface area contributed by atoms with Gasteiger partial charge >= 0.3 is 0 Å². The van der Waals surface area contributed by atoms with Crippen molar-refractivity contribution in [3.8, 4) is 0 Å². The average molecular weight is 240 g/mol. The molecule has 0 aliphatic heterocycles. The summed E-state index contributed by atoms with van der Waals surface area (Å²) >= 11 is 0. The highest BCUT2D eigenvalue weighted by Crippen LogP contribution is 1.80. The molecule has 2 nitrogen and oxygen atoms in total. The van der Waals surface area contributed by atoms with Crippen LogP contribution >= 0.6 is 0 Å². The molecule has 0 saturated heterocycles. The Morgan fingerprint density at radius 3 is 1.00 bits per heavy atom. The van der Waals surface area contributed by atoms with Crippen molar-refractivity contribution in [3.05, 3.63) is 36.4 Å². The van der Waals surface area contributed by atoms with Crippen molar-refractivity contribution in [1.82, 2.24) is 0 Å². The molecule has 0 amide bonds. The Labute approximate surface area is 108 Å². The van der Waals surface area contributed by atoms with Gasteiger partial charge in [0.2, 0.25) is 0 Å². The lowest BCUT2D eigenvalue weighted by atomic mass is 10.3. The van der Waals surface area contributed by atoms with Gasteiger partial charge in [0.15, 0.2) is 0 Å². The van der Waals surface area contributed by atoms with E-state index in [1.165, 1.54) is 32.7 Å². The molecule has 0 fully saturated rings. The number of nitrogens with two attached hydrogens (primary N) is 2. The summed E-state index contributed by atoms with van der Waals surface area (Å²) in [6, 6.07) is 12.0. The molecule has 0 spiro atoms. The molecular weight excluding hydrogens is 208 g/mol. The lowest BCUT2D eigenvalue weighted by Gasteiger charge is -1.80. The van der Waals surface area contributed by atoms with Gasteiger partial charge in [0.1, 0.15) is 0 Å². The Morgan fingerprint density at radius 1 is 0.647 bits per heavy atom. The van der Waals surface area contributed by atoms with Crippen LogP contribution in [0.15, 0.2) is 36.4 Å². The molecule has 0 atom stereocenters. The van der Waals surface area contributed by atoms with Crippen LogP contribution in [0.3, 0.4) is 0 Å². The highest BCUT2D eigenvalue weighted by atomic mass is 14.5. The molecular formula is C15H32N2. The van der Waals surface area contributed by atoms with E-state index in [4.69, 9.17) is 5.73 Å². The minimum Gasteiger partial charge on any atom is -0.333 e. The number of unbranched alkanes of at least 4 members (excludes halogenated alkanes) is 2. The molecule has 0 aliphatic rings. The second-order valence-electron chi connectivity index (χ2n) is 3.30. The van der Waals surface area contributed by atoms with Crippen molar-refractivity contribution < 1.29 is 0 Å². The fraction of sp³-hybridized carbons (Fsp3) is 0.600. The van der Waals surface area contributed by atoms with Crippen LogP contribution in [0, 0.1) is 0 Å². The molecule has 0 heterocycles. The predicted molar refractivity (Wildman–Crippen MR) is 81.1 cm³/mol. The number of rotatable bonds is 3. The zero-order valence-corrected chi connectivity index (χ0v) is 12.2. The Kier molecular flexibility index (Phi) is 37.1. The lowest BCUT2D eigenvalue weighted by Crippen LogP contribution is -1.95. The van der Waals surface area contributed by atoms with Crippen LogP contribution in [0.5, 0.6) is 0 Å². The first-order valence-electron chi connectivity index (χ1n) is 6.61. The van der Waals surface area contributed by atoms with E-state index in [0.29, 0.717) is 0 Å². The Bertz CT molecular complexity index is 133. The monoisotopic (exact) mass is 240 g/mol. The number of hydrogen-bond donors (Lipinski definition) is 2. The molecule has 102 valence electrons. The lowest BCUT2D eigenvalue weighted by molar-refractivity contribution is 0.807. The van der Waals surface area contributed by atoms with E-state index in [-0.39, 0.29) is 0 Å². The van der Waals surface area contributed by atoms with E-state index in [2.05, 4.69) is 26.5 Å². The molecule has 0 bridgehead atoms. The van der Waals surface area contributed by atoms with Gasteiger partial charge in [-0.05, 0) is 20.0 Å². The van der Waals surface area contributed by atoms with Gasteiger partial charge in [-0.25, -0.2) is 0 Å². The van der Waals surface area contributed by atoms with E-state index < -0.39 is 0 Å². The average Bonchev–Trinajstić information content (AvgIpc) is 2.45. The quantitative estimate of drug-likeness (QED) is 0.844. The van der Waals surface area contributed by atoms with E-state index in [0.717, 1.165) is 6.54 Å². The predicted octanol–water partition coefficient (Wildman–Crippen LogP) is 3.81. The summed E-state index contributed by atoms with van der Waals surface area (Å²) < 4.78 is 0. The minimum absolute atomic E-state index is 0.844. The molecule has 4 N–H and O–H groups in total. The smallest absolute Gasteiger partial charge is 0.00774 e. The highest BCUT2D eigenvalue weighted by Gasteiger charge is 1.68. The van der Waals surface area contributed by atoms with Gasteiger partial charge in [-0.1, -0.05) is 76.4 Å². The van der Waals surface area contributed by atoms with Crippen molar-refractivity contribution in [1.29, 1.82) is 0 Å². The van der Waals surface area contributed by atoms with Crippen molar-refractivity contribution >= 4 is 0 Å². The van der Waals surface area contributed by atoms with Gasteiger partial charge in [-0.15, -0.1) is 0 Å². The summed E-state index contributed by atoms with van der Waals surface area (Å²) in [4.78, 5) is 0. The first-order valence-corrected chi connectivity index (χ1v) is 6.61.